The fourth-order valence-corrected chi connectivity index (χ4v) is 3.97. The van der Waals surface area contributed by atoms with E-state index in [1.807, 2.05) is 0 Å². The molecule has 2 aliphatic rings. The number of likely N-dealkylation sites (tertiary alicyclic amines) is 1. The Morgan fingerprint density at radius 2 is 1.67 bits per heavy atom. The van der Waals surface area contributed by atoms with Gasteiger partial charge in [0.2, 0.25) is 23.6 Å². The molecule has 1 saturated heterocycles. The molecular weight excluding hydrogens is 390 g/mol. The number of anilines is 1. The standard InChI is InChI=1S/C21H27N3O6/c1-29-15-6-5-14(13-16(15)30-2)22-20(28)21(10-3-4-11-21)23-17(25)9-12-24-18(26)7-8-19(24)27/h5-6,13H,3-4,7-12H2,1-2H3,(H,22,28)(H,23,25). The zero-order valence-electron chi connectivity index (χ0n) is 17.3. The largest absolute Gasteiger partial charge is 0.493 e. The zero-order valence-corrected chi connectivity index (χ0v) is 17.3. The van der Waals surface area contributed by atoms with Crippen LogP contribution in [0.25, 0.3) is 0 Å². The Balaban J connectivity index is 1.65. The van der Waals surface area contributed by atoms with Gasteiger partial charge in [-0.15, -0.1) is 0 Å². The van der Waals surface area contributed by atoms with Crippen molar-refractivity contribution in [1.29, 1.82) is 0 Å². The smallest absolute Gasteiger partial charge is 0.250 e. The highest BCUT2D eigenvalue weighted by Crippen LogP contribution is 2.33. The summed E-state index contributed by atoms with van der Waals surface area (Å²) in [5.41, 5.74) is -0.477. The topological polar surface area (TPSA) is 114 Å². The van der Waals surface area contributed by atoms with Gasteiger partial charge in [0.25, 0.3) is 0 Å². The summed E-state index contributed by atoms with van der Waals surface area (Å²) in [7, 11) is 3.04. The van der Waals surface area contributed by atoms with E-state index in [2.05, 4.69) is 10.6 Å². The number of rotatable bonds is 8. The van der Waals surface area contributed by atoms with Crippen molar-refractivity contribution in [1.82, 2.24) is 10.2 Å². The van der Waals surface area contributed by atoms with Crippen LogP contribution in [-0.4, -0.2) is 54.8 Å². The average Bonchev–Trinajstić information content (AvgIpc) is 3.33. The predicted molar refractivity (Wildman–Crippen MR) is 108 cm³/mol. The van der Waals surface area contributed by atoms with Gasteiger partial charge in [0, 0.05) is 37.6 Å². The molecule has 3 rings (SSSR count). The molecule has 1 aliphatic heterocycles. The Hall–Kier alpha value is -3.10. The number of hydrogen-bond acceptors (Lipinski definition) is 6. The maximum Gasteiger partial charge on any atom is 0.250 e. The fourth-order valence-electron chi connectivity index (χ4n) is 3.97. The van der Waals surface area contributed by atoms with Crippen LogP contribution in [0.2, 0.25) is 0 Å². The van der Waals surface area contributed by atoms with Crippen LogP contribution < -0.4 is 20.1 Å². The van der Waals surface area contributed by atoms with E-state index in [1.54, 1.807) is 18.2 Å². The molecule has 162 valence electrons. The average molecular weight is 417 g/mol. The molecule has 1 saturated carbocycles. The van der Waals surface area contributed by atoms with E-state index < -0.39 is 5.54 Å². The molecule has 30 heavy (non-hydrogen) atoms. The molecule has 2 fully saturated rings. The summed E-state index contributed by atoms with van der Waals surface area (Å²) in [5.74, 6) is -0.130. The molecule has 0 aromatic heterocycles. The normalized spacial score (nSPS) is 17.7. The number of ether oxygens (including phenoxy) is 2. The lowest BCUT2D eigenvalue weighted by Gasteiger charge is -2.29. The van der Waals surface area contributed by atoms with Crippen molar-refractivity contribution in [2.45, 2.75) is 50.5 Å². The minimum atomic E-state index is -1.01. The molecule has 1 heterocycles. The van der Waals surface area contributed by atoms with E-state index in [9.17, 15) is 19.2 Å². The number of hydrogen-bond donors (Lipinski definition) is 2. The van der Waals surface area contributed by atoms with Gasteiger partial charge in [-0.1, -0.05) is 12.8 Å². The third-order valence-electron chi connectivity index (χ3n) is 5.63. The first-order valence-corrected chi connectivity index (χ1v) is 10.1. The van der Waals surface area contributed by atoms with E-state index in [0.29, 0.717) is 30.0 Å². The van der Waals surface area contributed by atoms with Crippen LogP contribution in [0.3, 0.4) is 0 Å². The summed E-state index contributed by atoms with van der Waals surface area (Å²) in [5, 5.41) is 5.72. The summed E-state index contributed by atoms with van der Waals surface area (Å²) < 4.78 is 10.5. The Morgan fingerprint density at radius 3 is 2.27 bits per heavy atom. The van der Waals surface area contributed by atoms with Gasteiger partial charge in [0.15, 0.2) is 11.5 Å². The molecule has 0 spiro atoms. The Labute approximate surface area is 175 Å². The van der Waals surface area contributed by atoms with Crippen LogP contribution in [0.1, 0.15) is 44.9 Å². The lowest BCUT2D eigenvalue weighted by molar-refractivity contribution is -0.139. The van der Waals surface area contributed by atoms with Crippen LogP contribution in [0.5, 0.6) is 11.5 Å². The van der Waals surface area contributed by atoms with Crippen LogP contribution in [-0.2, 0) is 19.2 Å². The van der Waals surface area contributed by atoms with Crippen LogP contribution in [0, 0.1) is 0 Å². The highest BCUT2D eigenvalue weighted by molar-refractivity contribution is 6.03. The van der Waals surface area contributed by atoms with Gasteiger partial charge >= 0.3 is 0 Å². The quantitative estimate of drug-likeness (QED) is 0.621. The molecule has 2 N–H and O–H groups in total. The van der Waals surface area contributed by atoms with Crippen LogP contribution >= 0.6 is 0 Å². The Kier molecular flexibility index (Phi) is 6.59. The number of nitrogens with one attached hydrogen (secondary N) is 2. The molecule has 0 radical (unpaired) electrons. The number of imide groups is 1. The van der Waals surface area contributed by atoms with Gasteiger partial charge in [-0.2, -0.15) is 0 Å². The molecule has 1 aromatic carbocycles. The van der Waals surface area contributed by atoms with Crippen molar-refractivity contribution in [2.24, 2.45) is 0 Å². The molecule has 0 bridgehead atoms. The molecule has 1 aromatic rings. The van der Waals surface area contributed by atoms with Gasteiger partial charge < -0.3 is 20.1 Å². The third-order valence-corrected chi connectivity index (χ3v) is 5.63. The number of amides is 4. The monoisotopic (exact) mass is 417 g/mol. The molecule has 9 heteroatoms. The minimum Gasteiger partial charge on any atom is -0.493 e. The SMILES string of the molecule is COc1ccc(NC(=O)C2(NC(=O)CCN3C(=O)CCC3=O)CCCC2)cc1OC. The van der Waals surface area contributed by atoms with Crippen molar-refractivity contribution in [3.8, 4) is 11.5 Å². The van der Waals surface area contributed by atoms with E-state index in [4.69, 9.17) is 9.47 Å². The maximum atomic E-state index is 13.1. The summed E-state index contributed by atoms with van der Waals surface area (Å²) in [6.07, 6.45) is 3.06. The first kappa shape index (κ1) is 21.6. The van der Waals surface area contributed by atoms with Crippen molar-refractivity contribution < 1.29 is 28.7 Å². The van der Waals surface area contributed by atoms with Crippen molar-refractivity contribution in [2.75, 3.05) is 26.1 Å². The number of carbonyl (C=O) groups is 4. The van der Waals surface area contributed by atoms with Crippen molar-refractivity contribution in [3.05, 3.63) is 18.2 Å². The van der Waals surface area contributed by atoms with E-state index in [0.717, 1.165) is 17.7 Å². The van der Waals surface area contributed by atoms with E-state index in [1.165, 1.54) is 14.2 Å². The van der Waals surface area contributed by atoms with Gasteiger partial charge in [-0.3, -0.25) is 24.1 Å². The number of methoxy groups -OCH3 is 2. The van der Waals surface area contributed by atoms with Gasteiger partial charge in [0.05, 0.1) is 14.2 Å². The summed E-state index contributed by atoms with van der Waals surface area (Å²) in [6, 6.07) is 5.05. The Morgan fingerprint density at radius 1 is 1.03 bits per heavy atom. The fraction of sp³-hybridized carbons (Fsp3) is 0.524. The predicted octanol–water partition coefficient (Wildman–Crippen LogP) is 1.61. The van der Waals surface area contributed by atoms with E-state index in [-0.39, 0.29) is 49.4 Å². The number of carbonyl (C=O) groups excluding carboxylic acids is 4. The number of nitrogens with zero attached hydrogens (tertiary/aromatic N) is 1. The Bertz CT molecular complexity index is 831. The van der Waals surface area contributed by atoms with Gasteiger partial charge in [-0.25, -0.2) is 0 Å². The van der Waals surface area contributed by atoms with Crippen molar-refractivity contribution in [3.63, 3.8) is 0 Å². The summed E-state index contributed by atoms with van der Waals surface area (Å²) in [4.78, 5) is 50.1. The second-order valence-electron chi connectivity index (χ2n) is 7.55. The molecule has 4 amide bonds. The lowest BCUT2D eigenvalue weighted by atomic mass is 9.95. The third kappa shape index (κ3) is 4.55. The summed E-state index contributed by atoms with van der Waals surface area (Å²) >= 11 is 0. The van der Waals surface area contributed by atoms with Crippen LogP contribution in [0.4, 0.5) is 5.69 Å². The van der Waals surface area contributed by atoms with Gasteiger partial charge in [-0.05, 0) is 25.0 Å². The second-order valence-corrected chi connectivity index (χ2v) is 7.55. The zero-order chi connectivity index (χ0) is 21.7. The second kappa shape index (κ2) is 9.15. The molecule has 0 atom stereocenters. The summed E-state index contributed by atoms with van der Waals surface area (Å²) in [6.45, 7) is 0.0386. The molecule has 0 unspecified atom stereocenters. The first-order valence-electron chi connectivity index (χ1n) is 10.1. The van der Waals surface area contributed by atoms with Gasteiger partial charge in [0.1, 0.15) is 5.54 Å². The number of benzene rings is 1. The maximum absolute atomic E-state index is 13.1. The lowest BCUT2D eigenvalue weighted by Crippen LogP contribution is -2.55. The molecular formula is C21H27N3O6. The molecule has 9 nitrogen and oxygen atoms in total. The first-order chi connectivity index (χ1) is 14.4. The van der Waals surface area contributed by atoms with Crippen molar-refractivity contribution >= 4 is 29.3 Å². The highest BCUT2D eigenvalue weighted by atomic mass is 16.5. The van der Waals surface area contributed by atoms with E-state index >= 15 is 0 Å². The highest BCUT2D eigenvalue weighted by Gasteiger charge is 2.42. The van der Waals surface area contributed by atoms with Crippen LogP contribution in [0.15, 0.2) is 18.2 Å². The minimum absolute atomic E-state index is 0.0249. The molecule has 1 aliphatic carbocycles.